The van der Waals surface area contributed by atoms with E-state index in [0.29, 0.717) is 25.2 Å². The van der Waals surface area contributed by atoms with E-state index in [-0.39, 0.29) is 30.9 Å². The maximum atomic E-state index is 13.5. The van der Waals surface area contributed by atoms with E-state index < -0.39 is 71.8 Å². The summed E-state index contributed by atoms with van der Waals surface area (Å²) in [6.07, 6.45) is -1.57. The molecule has 14 nitrogen and oxygen atoms in total. The topological polar surface area (TPSA) is 202 Å². The van der Waals surface area contributed by atoms with E-state index in [1.807, 2.05) is 6.92 Å². The average Bonchev–Trinajstić information content (AvgIpc) is 2.98. The number of carbonyl (C=O) groups excluding carboxylic acids is 5. The summed E-state index contributed by atoms with van der Waals surface area (Å²) in [5.74, 6) is -3.53. The molecule has 0 unspecified atom stereocenters. The van der Waals surface area contributed by atoms with E-state index in [1.165, 1.54) is 26.0 Å². The molecule has 0 saturated heterocycles. The van der Waals surface area contributed by atoms with Crippen molar-refractivity contribution in [3.63, 3.8) is 0 Å². The number of nitrogens with one attached hydrogen (secondary N) is 4. The van der Waals surface area contributed by atoms with Gasteiger partial charge >= 0.3 is 5.97 Å². The van der Waals surface area contributed by atoms with Crippen LogP contribution in [0.3, 0.4) is 0 Å². The van der Waals surface area contributed by atoms with Crippen molar-refractivity contribution in [1.82, 2.24) is 21.3 Å². The molecule has 1 aromatic carbocycles. The molecule has 0 heterocycles. The second-order valence-corrected chi connectivity index (χ2v) is 12.8. The third-order valence-electron chi connectivity index (χ3n) is 7.30. The fourth-order valence-electron chi connectivity index (χ4n) is 4.59. The molecule has 0 aliphatic rings. The zero-order valence-electron chi connectivity index (χ0n) is 29.8. The number of phenols is 1. The van der Waals surface area contributed by atoms with Crippen LogP contribution in [-0.2, 0) is 44.6 Å². The molecule has 4 amide bonds. The summed E-state index contributed by atoms with van der Waals surface area (Å²) in [5.41, 5.74) is -0.116. The van der Waals surface area contributed by atoms with Gasteiger partial charge in [-0.15, -0.1) is 0 Å². The van der Waals surface area contributed by atoms with Gasteiger partial charge in [0, 0.05) is 32.1 Å². The van der Waals surface area contributed by atoms with Gasteiger partial charge in [-0.25, -0.2) is 0 Å². The molecule has 0 aromatic heterocycles. The van der Waals surface area contributed by atoms with Gasteiger partial charge in [-0.2, -0.15) is 0 Å². The van der Waals surface area contributed by atoms with Crippen LogP contribution in [0.1, 0.15) is 87.1 Å². The second-order valence-electron chi connectivity index (χ2n) is 12.8. The number of benzene rings is 1. The molecule has 1 aromatic rings. The first kappa shape index (κ1) is 42.3. The van der Waals surface area contributed by atoms with Crippen LogP contribution in [0.25, 0.3) is 0 Å². The van der Waals surface area contributed by atoms with E-state index in [0.717, 1.165) is 0 Å². The molecule has 14 heteroatoms. The number of esters is 1. The number of carbonyl (C=O) groups is 5. The molecule has 0 saturated carbocycles. The van der Waals surface area contributed by atoms with Gasteiger partial charge in [-0.05, 0) is 72.1 Å². The van der Waals surface area contributed by atoms with E-state index in [1.54, 1.807) is 53.7 Å². The normalized spacial score (nSPS) is 15.3. The molecular formula is C34H56N4O10. The van der Waals surface area contributed by atoms with Crippen molar-refractivity contribution in [1.29, 1.82) is 0 Å². The Bertz CT molecular complexity index is 1180. The standard InChI is InChI=1S/C34H56N4O10/c1-10-20(4)29(38-32(44)26(37-31(43)22(6)39)17-23-13-15-25(40)16-14-23)33(45)35-21(5)30(42)36-24(18-27(41)48-34(7,8)9)19-28(46-11-2)47-12-3/h13-16,20-22,24,26,28-29,39-40H,10-12,17-19H2,1-9H3,(H,35,45)(H,36,42)(H,37,43)(H,38,44)/t20-,21-,22-,24-,26-,29-/m0/s1. The second kappa shape index (κ2) is 20.6. The third kappa shape index (κ3) is 15.9. The van der Waals surface area contributed by atoms with Crippen LogP contribution in [-0.4, -0.2) is 95.2 Å². The van der Waals surface area contributed by atoms with Crippen molar-refractivity contribution in [2.75, 3.05) is 13.2 Å². The highest BCUT2D eigenvalue weighted by molar-refractivity contribution is 5.95. The molecule has 48 heavy (non-hydrogen) atoms. The molecule has 0 aliphatic heterocycles. The zero-order valence-corrected chi connectivity index (χ0v) is 29.8. The lowest BCUT2D eigenvalue weighted by Crippen LogP contribution is -2.59. The van der Waals surface area contributed by atoms with Gasteiger partial charge in [0.25, 0.3) is 0 Å². The Kier molecular flexibility index (Phi) is 18.1. The molecule has 0 radical (unpaired) electrons. The summed E-state index contributed by atoms with van der Waals surface area (Å²) in [6, 6.07) is 2.01. The fourth-order valence-corrected chi connectivity index (χ4v) is 4.59. The molecule has 0 bridgehead atoms. The molecule has 272 valence electrons. The van der Waals surface area contributed by atoms with Gasteiger partial charge in [0.15, 0.2) is 6.29 Å². The summed E-state index contributed by atoms with van der Waals surface area (Å²) in [6.45, 7) is 15.9. The number of phenolic OH excluding ortho intramolecular Hbond substituents is 1. The zero-order chi connectivity index (χ0) is 36.6. The summed E-state index contributed by atoms with van der Waals surface area (Å²) < 4.78 is 16.7. The molecule has 6 N–H and O–H groups in total. The number of hydrogen-bond donors (Lipinski definition) is 6. The predicted octanol–water partition coefficient (Wildman–Crippen LogP) is 1.84. The number of ether oxygens (including phenoxy) is 3. The Labute approximate surface area is 284 Å². The molecule has 0 spiro atoms. The highest BCUT2D eigenvalue weighted by atomic mass is 16.7. The van der Waals surface area contributed by atoms with Crippen molar-refractivity contribution >= 4 is 29.6 Å². The van der Waals surface area contributed by atoms with Crippen molar-refractivity contribution in [2.45, 2.75) is 130 Å². The molecule has 6 atom stereocenters. The average molecular weight is 681 g/mol. The van der Waals surface area contributed by atoms with Crippen LogP contribution in [0.15, 0.2) is 24.3 Å². The van der Waals surface area contributed by atoms with Crippen LogP contribution < -0.4 is 21.3 Å². The Morgan fingerprint density at radius 3 is 1.88 bits per heavy atom. The van der Waals surface area contributed by atoms with Crippen molar-refractivity contribution < 1.29 is 48.4 Å². The first-order chi connectivity index (χ1) is 22.4. The SMILES string of the molecule is CCOC(C[C@H](CC(=O)OC(C)(C)C)NC(=O)[C@H](C)NC(=O)[C@@H](NC(=O)[C@H](Cc1ccc(O)cc1)NC(=O)[C@H](C)O)[C@@H](C)CC)OCC. The molecule has 0 aliphatic carbocycles. The quantitative estimate of drug-likeness (QED) is 0.0872. The number of amides is 4. The fraction of sp³-hybridized carbons (Fsp3) is 0.676. The minimum Gasteiger partial charge on any atom is -0.508 e. The monoisotopic (exact) mass is 680 g/mol. The van der Waals surface area contributed by atoms with E-state index >= 15 is 0 Å². The van der Waals surface area contributed by atoms with Crippen molar-refractivity contribution in [3.05, 3.63) is 29.8 Å². The van der Waals surface area contributed by atoms with Gasteiger partial charge in [-0.3, -0.25) is 24.0 Å². The predicted molar refractivity (Wildman–Crippen MR) is 178 cm³/mol. The minimum atomic E-state index is -1.38. The lowest BCUT2D eigenvalue weighted by molar-refractivity contribution is -0.159. The summed E-state index contributed by atoms with van der Waals surface area (Å²) >= 11 is 0. The third-order valence-corrected chi connectivity index (χ3v) is 7.30. The summed E-state index contributed by atoms with van der Waals surface area (Å²) in [7, 11) is 0. The van der Waals surface area contributed by atoms with Gasteiger partial charge in [-0.1, -0.05) is 32.4 Å². The van der Waals surface area contributed by atoms with Gasteiger partial charge in [0.05, 0.1) is 6.42 Å². The Morgan fingerprint density at radius 2 is 1.38 bits per heavy atom. The van der Waals surface area contributed by atoms with Crippen LogP contribution in [0, 0.1) is 5.92 Å². The maximum Gasteiger partial charge on any atom is 0.308 e. The Balaban J connectivity index is 3.13. The molecular weight excluding hydrogens is 624 g/mol. The first-order valence-electron chi connectivity index (χ1n) is 16.5. The van der Waals surface area contributed by atoms with Crippen molar-refractivity contribution in [3.8, 4) is 5.75 Å². The van der Waals surface area contributed by atoms with Crippen LogP contribution in [0.5, 0.6) is 5.75 Å². The van der Waals surface area contributed by atoms with Crippen LogP contribution >= 0.6 is 0 Å². The van der Waals surface area contributed by atoms with E-state index in [4.69, 9.17) is 14.2 Å². The number of aliphatic hydroxyl groups excluding tert-OH is 1. The lowest BCUT2D eigenvalue weighted by atomic mass is 9.96. The largest absolute Gasteiger partial charge is 0.508 e. The van der Waals surface area contributed by atoms with Crippen LogP contribution in [0.4, 0.5) is 0 Å². The Morgan fingerprint density at radius 1 is 0.792 bits per heavy atom. The smallest absolute Gasteiger partial charge is 0.308 e. The molecule has 0 fully saturated rings. The molecule has 1 rings (SSSR count). The summed E-state index contributed by atoms with van der Waals surface area (Å²) in [5, 5.41) is 30.0. The number of rotatable bonds is 20. The maximum absolute atomic E-state index is 13.5. The minimum absolute atomic E-state index is 0.0156. The van der Waals surface area contributed by atoms with Crippen molar-refractivity contribution in [2.24, 2.45) is 5.92 Å². The van der Waals surface area contributed by atoms with Gasteiger partial charge in [0.2, 0.25) is 23.6 Å². The summed E-state index contributed by atoms with van der Waals surface area (Å²) in [4.78, 5) is 65.4. The highest BCUT2D eigenvalue weighted by Gasteiger charge is 2.33. The van der Waals surface area contributed by atoms with E-state index in [9.17, 15) is 34.2 Å². The number of aromatic hydroxyl groups is 1. The highest BCUT2D eigenvalue weighted by Crippen LogP contribution is 2.15. The van der Waals surface area contributed by atoms with E-state index in [2.05, 4.69) is 21.3 Å². The number of hydrogen-bond acceptors (Lipinski definition) is 10. The van der Waals surface area contributed by atoms with Gasteiger partial charge in [0.1, 0.15) is 35.6 Å². The van der Waals surface area contributed by atoms with Crippen LogP contribution in [0.2, 0.25) is 0 Å². The lowest BCUT2D eigenvalue weighted by Gasteiger charge is -2.29. The number of aliphatic hydroxyl groups is 1. The van der Waals surface area contributed by atoms with Gasteiger partial charge < -0.3 is 45.7 Å². The Hall–Kier alpha value is -3.75. The first-order valence-corrected chi connectivity index (χ1v) is 16.5.